The van der Waals surface area contributed by atoms with Crippen molar-refractivity contribution in [1.29, 1.82) is 0 Å². The number of rotatable bonds is 1. The van der Waals surface area contributed by atoms with Crippen LogP contribution in [-0.4, -0.2) is 0 Å². The van der Waals surface area contributed by atoms with Gasteiger partial charge in [-0.3, -0.25) is 0 Å². The number of hydrogen-bond acceptors (Lipinski definition) is 1. The third kappa shape index (κ3) is 0.913. The summed E-state index contributed by atoms with van der Waals surface area (Å²) in [5.41, 5.74) is 0. The lowest BCUT2D eigenvalue weighted by molar-refractivity contribution is 0.525. The molecular weight excluding hydrogens is 100 g/mol. The van der Waals surface area contributed by atoms with E-state index in [1.807, 2.05) is 12.1 Å². The molecule has 1 aromatic rings. The number of hydrogen-bond donors (Lipinski definition) is 0. The van der Waals surface area contributed by atoms with Crippen LogP contribution in [0.5, 0.6) is 0 Å². The zero-order valence-electron chi connectivity index (χ0n) is 4.42. The summed E-state index contributed by atoms with van der Waals surface area (Å²) in [6, 6.07) is 3.69. The fraction of sp³-hybridized carbons (Fsp3) is 0.143. The molecule has 0 amide bonds. The lowest BCUT2D eigenvalue weighted by Crippen LogP contribution is -1.70. The quantitative estimate of drug-likeness (QED) is 0.494. The monoisotopic (exact) mass is 106 g/mol. The molecule has 0 aromatic carbocycles. The van der Waals surface area contributed by atoms with Gasteiger partial charge in [0.05, 0.1) is 12.7 Å². The van der Waals surface area contributed by atoms with Gasteiger partial charge in [0, 0.05) is 0 Å². The first kappa shape index (κ1) is 4.99. The molecule has 0 fully saturated rings. The summed E-state index contributed by atoms with van der Waals surface area (Å²) < 4.78 is 4.93. The van der Waals surface area contributed by atoms with Crippen LogP contribution in [0.25, 0.3) is 0 Å². The maximum Gasteiger partial charge on any atom is 0.115 e. The molecule has 8 heavy (non-hydrogen) atoms. The summed E-state index contributed by atoms with van der Waals surface area (Å²) in [6.45, 7) is 0. The van der Waals surface area contributed by atoms with Crippen molar-refractivity contribution in [3.05, 3.63) is 24.2 Å². The van der Waals surface area contributed by atoms with E-state index in [2.05, 4.69) is 5.92 Å². The van der Waals surface area contributed by atoms with Crippen LogP contribution in [-0.2, 0) is 6.42 Å². The summed E-state index contributed by atoms with van der Waals surface area (Å²) in [6.07, 6.45) is 7.22. The van der Waals surface area contributed by atoms with Crippen LogP contribution in [0.3, 0.4) is 0 Å². The van der Waals surface area contributed by atoms with Gasteiger partial charge in [0.2, 0.25) is 0 Å². The van der Waals surface area contributed by atoms with Crippen molar-refractivity contribution in [2.45, 2.75) is 6.42 Å². The van der Waals surface area contributed by atoms with Crippen molar-refractivity contribution in [3.8, 4) is 12.3 Å². The summed E-state index contributed by atoms with van der Waals surface area (Å²) in [5.74, 6) is 3.33. The molecular formula is C7H6O. The van der Waals surface area contributed by atoms with E-state index in [1.165, 1.54) is 0 Å². The van der Waals surface area contributed by atoms with Crippen LogP contribution in [0.2, 0.25) is 0 Å². The molecule has 0 atom stereocenters. The SMILES string of the molecule is C#CCc1ccco1. The van der Waals surface area contributed by atoms with Gasteiger partial charge in [-0.1, -0.05) is 5.92 Å². The van der Waals surface area contributed by atoms with E-state index >= 15 is 0 Å². The van der Waals surface area contributed by atoms with Gasteiger partial charge in [-0.15, -0.1) is 6.42 Å². The Balaban J connectivity index is 2.67. The first-order chi connectivity index (χ1) is 3.93. The van der Waals surface area contributed by atoms with Crippen LogP contribution in [0.1, 0.15) is 5.76 Å². The molecule has 0 aliphatic rings. The Bertz CT molecular complexity index is 179. The van der Waals surface area contributed by atoms with Crippen LogP contribution in [0.4, 0.5) is 0 Å². The highest BCUT2D eigenvalue weighted by molar-refractivity contribution is 5.06. The van der Waals surface area contributed by atoms with Gasteiger partial charge >= 0.3 is 0 Å². The maximum absolute atomic E-state index is 5.01. The Labute approximate surface area is 48.3 Å². The molecule has 0 radical (unpaired) electrons. The smallest absolute Gasteiger partial charge is 0.115 e. The minimum atomic E-state index is 0.590. The highest BCUT2D eigenvalue weighted by atomic mass is 16.3. The average molecular weight is 106 g/mol. The average Bonchev–Trinajstić information content (AvgIpc) is 2.19. The van der Waals surface area contributed by atoms with Gasteiger partial charge in [-0.25, -0.2) is 0 Å². The zero-order valence-corrected chi connectivity index (χ0v) is 4.42. The van der Waals surface area contributed by atoms with Crippen molar-refractivity contribution < 1.29 is 4.42 Å². The zero-order chi connectivity index (χ0) is 5.82. The Hall–Kier alpha value is -1.16. The molecule has 0 saturated heterocycles. The molecule has 1 rings (SSSR count). The molecule has 0 spiro atoms. The van der Waals surface area contributed by atoms with Gasteiger partial charge < -0.3 is 4.42 Å². The van der Waals surface area contributed by atoms with Crippen molar-refractivity contribution in [2.75, 3.05) is 0 Å². The molecule has 1 heteroatoms. The molecule has 0 bridgehead atoms. The van der Waals surface area contributed by atoms with Crippen LogP contribution < -0.4 is 0 Å². The molecule has 0 unspecified atom stereocenters. The second-order valence-electron chi connectivity index (χ2n) is 1.46. The Morgan fingerprint density at radius 3 is 3.12 bits per heavy atom. The number of terminal acetylenes is 1. The standard InChI is InChI=1S/C7H6O/c1-2-4-7-5-3-6-8-7/h1,3,5-6H,4H2. The van der Waals surface area contributed by atoms with E-state index in [-0.39, 0.29) is 0 Å². The molecule has 1 aromatic heterocycles. The van der Waals surface area contributed by atoms with Crippen molar-refractivity contribution >= 4 is 0 Å². The molecule has 1 heterocycles. The first-order valence-electron chi connectivity index (χ1n) is 2.39. The van der Waals surface area contributed by atoms with E-state index in [1.54, 1.807) is 6.26 Å². The molecule has 0 saturated carbocycles. The van der Waals surface area contributed by atoms with Crippen molar-refractivity contribution in [2.24, 2.45) is 0 Å². The van der Waals surface area contributed by atoms with Crippen LogP contribution in [0.15, 0.2) is 22.8 Å². The van der Waals surface area contributed by atoms with Gasteiger partial charge in [0.15, 0.2) is 0 Å². The summed E-state index contributed by atoms with van der Waals surface area (Å²) in [5, 5.41) is 0. The maximum atomic E-state index is 5.01. The minimum absolute atomic E-state index is 0.590. The first-order valence-corrected chi connectivity index (χ1v) is 2.39. The predicted molar refractivity (Wildman–Crippen MR) is 31.2 cm³/mol. The van der Waals surface area contributed by atoms with Crippen molar-refractivity contribution in [1.82, 2.24) is 0 Å². The fourth-order valence-electron chi connectivity index (χ4n) is 0.514. The van der Waals surface area contributed by atoms with E-state index in [4.69, 9.17) is 10.8 Å². The summed E-state index contributed by atoms with van der Waals surface area (Å²) in [4.78, 5) is 0. The lowest BCUT2D eigenvalue weighted by atomic mass is 10.3. The summed E-state index contributed by atoms with van der Waals surface area (Å²) >= 11 is 0. The highest BCUT2D eigenvalue weighted by Gasteiger charge is 1.87. The molecule has 0 aliphatic carbocycles. The third-order valence-corrected chi connectivity index (χ3v) is 0.856. The largest absolute Gasteiger partial charge is 0.468 e. The molecule has 1 nitrogen and oxygen atoms in total. The second kappa shape index (κ2) is 2.23. The van der Waals surface area contributed by atoms with E-state index < -0.39 is 0 Å². The third-order valence-electron chi connectivity index (χ3n) is 0.856. The van der Waals surface area contributed by atoms with Gasteiger partial charge in [-0.05, 0) is 12.1 Å². The minimum Gasteiger partial charge on any atom is -0.468 e. The number of furan rings is 1. The van der Waals surface area contributed by atoms with Gasteiger partial charge in [-0.2, -0.15) is 0 Å². The predicted octanol–water partition coefficient (Wildman–Crippen LogP) is 1.46. The molecule has 0 aliphatic heterocycles. The van der Waals surface area contributed by atoms with Crippen molar-refractivity contribution in [3.63, 3.8) is 0 Å². The molecule has 0 N–H and O–H groups in total. The molecule has 40 valence electrons. The summed E-state index contributed by atoms with van der Waals surface area (Å²) in [7, 11) is 0. The van der Waals surface area contributed by atoms with Crippen LogP contribution >= 0.6 is 0 Å². The van der Waals surface area contributed by atoms with Gasteiger partial charge in [0.1, 0.15) is 5.76 Å². The normalized spacial score (nSPS) is 8.38. The van der Waals surface area contributed by atoms with E-state index in [9.17, 15) is 0 Å². The highest BCUT2D eigenvalue weighted by Crippen LogP contribution is 1.98. The Kier molecular flexibility index (Phi) is 1.39. The van der Waals surface area contributed by atoms with Crippen LogP contribution in [0, 0.1) is 12.3 Å². The topological polar surface area (TPSA) is 13.1 Å². The van der Waals surface area contributed by atoms with Gasteiger partial charge in [0.25, 0.3) is 0 Å². The fourth-order valence-corrected chi connectivity index (χ4v) is 0.514. The Morgan fingerprint density at radius 2 is 2.62 bits per heavy atom. The van der Waals surface area contributed by atoms with E-state index in [0.717, 1.165) is 5.76 Å². The lowest BCUT2D eigenvalue weighted by Gasteiger charge is -1.79. The second-order valence-corrected chi connectivity index (χ2v) is 1.46. The van der Waals surface area contributed by atoms with E-state index in [0.29, 0.717) is 6.42 Å². The Morgan fingerprint density at radius 1 is 1.75 bits per heavy atom.